The van der Waals surface area contributed by atoms with Gasteiger partial charge < -0.3 is 4.98 Å². The lowest BCUT2D eigenvalue weighted by Crippen LogP contribution is -2.10. The van der Waals surface area contributed by atoms with E-state index in [0.29, 0.717) is 0 Å². The smallest absolute Gasteiger partial charge is 0.0467 e. The third-order valence-corrected chi connectivity index (χ3v) is 4.17. The summed E-state index contributed by atoms with van der Waals surface area (Å²) in [7, 11) is 0. The molecule has 0 saturated carbocycles. The second-order valence-corrected chi connectivity index (χ2v) is 7.05. The van der Waals surface area contributed by atoms with Crippen molar-refractivity contribution in [2.45, 2.75) is 40.0 Å². The van der Waals surface area contributed by atoms with E-state index < -0.39 is 0 Å². The van der Waals surface area contributed by atoms with Crippen molar-refractivity contribution in [2.24, 2.45) is 0 Å². The Morgan fingerprint density at radius 2 is 1.62 bits per heavy atom. The van der Waals surface area contributed by atoms with Gasteiger partial charge in [0.25, 0.3) is 0 Å². The molecule has 0 unspecified atom stereocenters. The highest BCUT2D eigenvalue weighted by atomic mass is 14.7. The number of aromatic amines is 1. The highest BCUT2D eigenvalue weighted by Crippen LogP contribution is 2.30. The normalized spacial score (nSPS) is 12.0. The van der Waals surface area contributed by atoms with E-state index in [1.807, 2.05) is 0 Å². The molecule has 3 aromatic rings. The van der Waals surface area contributed by atoms with Crippen LogP contribution in [0.5, 0.6) is 0 Å². The van der Waals surface area contributed by atoms with Gasteiger partial charge in [0.05, 0.1) is 0 Å². The average molecular weight is 277 g/mol. The van der Waals surface area contributed by atoms with Crippen LogP contribution in [0.3, 0.4) is 0 Å². The van der Waals surface area contributed by atoms with Gasteiger partial charge >= 0.3 is 0 Å². The third-order valence-electron chi connectivity index (χ3n) is 4.17. The predicted molar refractivity (Wildman–Crippen MR) is 91.9 cm³/mol. The van der Waals surface area contributed by atoms with Crippen LogP contribution in [0.4, 0.5) is 0 Å². The molecule has 0 aliphatic carbocycles. The van der Waals surface area contributed by atoms with Crippen LogP contribution in [0.2, 0.25) is 0 Å². The molecule has 0 bridgehead atoms. The van der Waals surface area contributed by atoms with Gasteiger partial charge in [-0.3, -0.25) is 0 Å². The molecule has 108 valence electrons. The van der Waals surface area contributed by atoms with Crippen molar-refractivity contribution in [3.8, 4) is 11.3 Å². The van der Waals surface area contributed by atoms with Gasteiger partial charge in [-0.15, -0.1) is 0 Å². The zero-order chi connectivity index (χ0) is 15.2. The lowest BCUT2D eigenvalue weighted by Gasteiger charge is -2.18. The lowest BCUT2D eigenvalue weighted by atomic mass is 9.86. The van der Waals surface area contributed by atoms with E-state index >= 15 is 0 Å². The van der Waals surface area contributed by atoms with Crippen molar-refractivity contribution < 1.29 is 0 Å². The Morgan fingerprint density at radius 3 is 2.33 bits per heavy atom. The molecular weight excluding hydrogens is 254 g/mol. The van der Waals surface area contributed by atoms with E-state index in [0.717, 1.165) is 0 Å². The van der Waals surface area contributed by atoms with Gasteiger partial charge in [-0.05, 0) is 54.7 Å². The van der Waals surface area contributed by atoms with Gasteiger partial charge in [-0.2, -0.15) is 0 Å². The molecule has 0 fully saturated rings. The average Bonchev–Trinajstić information content (AvgIpc) is 2.83. The first-order chi connectivity index (χ1) is 9.84. The number of aromatic nitrogens is 1. The molecule has 0 aliphatic heterocycles. The summed E-state index contributed by atoms with van der Waals surface area (Å²) in [5.74, 6) is 0. The fourth-order valence-electron chi connectivity index (χ4n) is 2.77. The highest BCUT2D eigenvalue weighted by Gasteiger charge is 2.15. The first-order valence-electron chi connectivity index (χ1n) is 7.55. The first kappa shape index (κ1) is 13.9. The summed E-state index contributed by atoms with van der Waals surface area (Å²) in [4.78, 5) is 3.56. The summed E-state index contributed by atoms with van der Waals surface area (Å²) in [6.45, 7) is 11.1. The fraction of sp³-hybridized carbons (Fsp3) is 0.300. The van der Waals surface area contributed by atoms with Crippen LogP contribution in [0.25, 0.3) is 22.2 Å². The van der Waals surface area contributed by atoms with Crippen LogP contribution in [0.15, 0.2) is 42.5 Å². The quantitative estimate of drug-likeness (QED) is 0.583. The second kappa shape index (κ2) is 4.77. The molecule has 0 aliphatic rings. The van der Waals surface area contributed by atoms with E-state index in [4.69, 9.17) is 0 Å². The summed E-state index contributed by atoms with van der Waals surface area (Å²) in [5, 5.41) is 1.29. The highest BCUT2D eigenvalue weighted by molar-refractivity contribution is 5.87. The van der Waals surface area contributed by atoms with E-state index in [-0.39, 0.29) is 5.41 Å². The second-order valence-electron chi connectivity index (χ2n) is 7.05. The molecule has 0 atom stereocenters. The van der Waals surface area contributed by atoms with E-state index in [1.54, 1.807) is 0 Å². The number of hydrogen-bond donors (Lipinski definition) is 1. The summed E-state index contributed by atoms with van der Waals surface area (Å²) in [6, 6.07) is 15.6. The monoisotopic (exact) mass is 277 g/mol. The van der Waals surface area contributed by atoms with Crippen LogP contribution in [0, 0.1) is 13.8 Å². The number of nitrogens with one attached hydrogen (secondary N) is 1. The molecule has 1 N–H and O–H groups in total. The number of fused-ring (bicyclic) bond motifs is 1. The Hall–Kier alpha value is -2.02. The standard InChI is InChI=1S/C20H23N/c1-13-6-7-14(2)17(10-13)19-12-15-11-16(20(3,4)5)8-9-18(15)21-19/h6-12,21H,1-5H3. The minimum Gasteiger partial charge on any atom is -0.355 e. The Bertz CT molecular complexity index is 800. The SMILES string of the molecule is Cc1ccc(C)c(-c2cc3cc(C(C)(C)C)ccc3[nH]2)c1. The van der Waals surface area contributed by atoms with Crippen molar-refractivity contribution in [3.63, 3.8) is 0 Å². The molecule has 1 heterocycles. The molecule has 1 nitrogen and oxygen atoms in total. The van der Waals surface area contributed by atoms with Crippen LogP contribution >= 0.6 is 0 Å². The maximum Gasteiger partial charge on any atom is 0.0467 e. The number of H-pyrrole nitrogens is 1. The molecule has 0 radical (unpaired) electrons. The predicted octanol–water partition coefficient (Wildman–Crippen LogP) is 5.75. The topological polar surface area (TPSA) is 15.8 Å². The van der Waals surface area contributed by atoms with Crippen molar-refractivity contribution in [2.75, 3.05) is 0 Å². The zero-order valence-corrected chi connectivity index (χ0v) is 13.5. The van der Waals surface area contributed by atoms with Gasteiger partial charge in [-0.25, -0.2) is 0 Å². The van der Waals surface area contributed by atoms with Gasteiger partial charge in [0.1, 0.15) is 0 Å². The number of rotatable bonds is 1. The van der Waals surface area contributed by atoms with Crippen molar-refractivity contribution >= 4 is 10.9 Å². The van der Waals surface area contributed by atoms with Gasteiger partial charge in [0.15, 0.2) is 0 Å². The van der Waals surface area contributed by atoms with E-state index in [2.05, 4.69) is 82.1 Å². The summed E-state index contributed by atoms with van der Waals surface area (Å²) < 4.78 is 0. The van der Waals surface area contributed by atoms with Crippen LogP contribution in [0.1, 0.15) is 37.5 Å². The number of aryl methyl sites for hydroxylation is 2. The van der Waals surface area contributed by atoms with Crippen LogP contribution in [-0.2, 0) is 5.41 Å². The zero-order valence-electron chi connectivity index (χ0n) is 13.5. The van der Waals surface area contributed by atoms with E-state index in [1.165, 1.54) is 38.9 Å². The lowest BCUT2D eigenvalue weighted by molar-refractivity contribution is 0.591. The Kier molecular flexibility index (Phi) is 3.16. The molecule has 0 saturated heterocycles. The minimum absolute atomic E-state index is 0.185. The summed E-state index contributed by atoms with van der Waals surface area (Å²) >= 11 is 0. The van der Waals surface area contributed by atoms with Crippen LogP contribution < -0.4 is 0 Å². The molecular formula is C20H23N. The molecule has 21 heavy (non-hydrogen) atoms. The Morgan fingerprint density at radius 1 is 0.857 bits per heavy atom. The van der Waals surface area contributed by atoms with Crippen molar-refractivity contribution in [1.29, 1.82) is 0 Å². The summed E-state index contributed by atoms with van der Waals surface area (Å²) in [6.07, 6.45) is 0. The minimum atomic E-state index is 0.185. The molecule has 0 spiro atoms. The Labute approximate surface area is 127 Å². The maximum atomic E-state index is 3.56. The first-order valence-corrected chi connectivity index (χ1v) is 7.55. The van der Waals surface area contributed by atoms with Crippen molar-refractivity contribution in [1.82, 2.24) is 4.98 Å². The van der Waals surface area contributed by atoms with E-state index in [9.17, 15) is 0 Å². The van der Waals surface area contributed by atoms with Crippen molar-refractivity contribution in [3.05, 3.63) is 59.2 Å². The fourth-order valence-corrected chi connectivity index (χ4v) is 2.77. The molecule has 1 heteroatoms. The molecule has 1 aromatic heterocycles. The third kappa shape index (κ3) is 2.61. The van der Waals surface area contributed by atoms with Crippen LogP contribution in [-0.4, -0.2) is 4.98 Å². The molecule has 0 amide bonds. The molecule has 2 aromatic carbocycles. The largest absolute Gasteiger partial charge is 0.355 e. The van der Waals surface area contributed by atoms with Gasteiger partial charge in [0.2, 0.25) is 0 Å². The van der Waals surface area contributed by atoms with Gasteiger partial charge in [0, 0.05) is 22.2 Å². The Balaban J connectivity index is 2.15. The number of benzene rings is 2. The maximum absolute atomic E-state index is 3.56. The summed E-state index contributed by atoms with van der Waals surface area (Å²) in [5.41, 5.74) is 7.87. The van der Waals surface area contributed by atoms with Gasteiger partial charge in [-0.1, -0.05) is 44.5 Å². The number of hydrogen-bond acceptors (Lipinski definition) is 0. The molecule has 3 rings (SSSR count).